The number of benzene rings is 2. The molecule has 1 N–H and O–H groups in total. The molecule has 8 heteroatoms. The molecule has 1 atom stereocenters. The highest BCUT2D eigenvalue weighted by atomic mass is 32.2. The molecule has 0 aliphatic rings. The van der Waals surface area contributed by atoms with Gasteiger partial charge in [0.05, 0.1) is 35.8 Å². The zero-order valence-electron chi connectivity index (χ0n) is 16.2. The third kappa shape index (κ3) is 5.21. The Morgan fingerprint density at radius 2 is 1.97 bits per heavy atom. The van der Waals surface area contributed by atoms with Gasteiger partial charge in [-0.15, -0.1) is 0 Å². The Labute approximate surface area is 172 Å². The van der Waals surface area contributed by atoms with E-state index in [4.69, 9.17) is 4.74 Å². The van der Waals surface area contributed by atoms with E-state index in [-0.39, 0.29) is 29.1 Å². The summed E-state index contributed by atoms with van der Waals surface area (Å²) in [5.41, 5.74) is 1.24. The van der Waals surface area contributed by atoms with Crippen LogP contribution in [0.2, 0.25) is 0 Å². The van der Waals surface area contributed by atoms with Crippen LogP contribution in [0.3, 0.4) is 0 Å². The lowest BCUT2D eigenvalue weighted by Gasteiger charge is -2.15. The average Bonchev–Trinajstić information content (AvgIpc) is 2.72. The van der Waals surface area contributed by atoms with Gasteiger partial charge in [0.2, 0.25) is 5.91 Å². The molecule has 0 saturated carbocycles. The summed E-state index contributed by atoms with van der Waals surface area (Å²) in [5, 5.41) is 3.88. The van der Waals surface area contributed by atoms with Crippen molar-refractivity contribution in [3.8, 4) is 0 Å². The van der Waals surface area contributed by atoms with E-state index in [9.17, 15) is 14.0 Å². The van der Waals surface area contributed by atoms with Crippen molar-refractivity contribution in [2.75, 3.05) is 19.5 Å². The first kappa shape index (κ1) is 21.0. The molecule has 6 nitrogen and oxygen atoms in total. The summed E-state index contributed by atoms with van der Waals surface area (Å²) in [5.74, 6) is -0.421. The van der Waals surface area contributed by atoms with Gasteiger partial charge >= 0.3 is 0 Å². The van der Waals surface area contributed by atoms with Crippen molar-refractivity contribution in [3.63, 3.8) is 0 Å². The van der Waals surface area contributed by atoms with Crippen LogP contribution in [0.1, 0.15) is 18.5 Å². The number of ether oxygens (including phenoxy) is 1. The van der Waals surface area contributed by atoms with E-state index in [2.05, 4.69) is 10.3 Å². The van der Waals surface area contributed by atoms with Gasteiger partial charge < -0.3 is 10.1 Å². The molecule has 0 bridgehead atoms. The first-order valence-corrected chi connectivity index (χ1v) is 10.1. The zero-order chi connectivity index (χ0) is 20.8. The second kappa shape index (κ2) is 9.67. The molecule has 0 aliphatic heterocycles. The van der Waals surface area contributed by atoms with Crippen LogP contribution in [0.5, 0.6) is 0 Å². The largest absolute Gasteiger partial charge is 0.383 e. The van der Waals surface area contributed by atoms with Gasteiger partial charge in [0.1, 0.15) is 5.82 Å². The van der Waals surface area contributed by atoms with Crippen LogP contribution in [0.4, 0.5) is 4.39 Å². The fourth-order valence-electron chi connectivity index (χ4n) is 2.89. The van der Waals surface area contributed by atoms with Crippen LogP contribution >= 0.6 is 11.8 Å². The van der Waals surface area contributed by atoms with Crippen molar-refractivity contribution in [1.82, 2.24) is 14.9 Å². The van der Waals surface area contributed by atoms with Crippen LogP contribution in [0.25, 0.3) is 10.9 Å². The lowest BCUT2D eigenvalue weighted by Crippen LogP contribution is -2.29. The smallest absolute Gasteiger partial charge is 0.262 e. The summed E-state index contributed by atoms with van der Waals surface area (Å²) in [4.78, 5) is 29.8. The van der Waals surface area contributed by atoms with Gasteiger partial charge in [-0.25, -0.2) is 9.37 Å². The predicted molar refractivity (Wildman–Crippen MR) is 112 cm³/mol. The Hall–Kier alpha value is -2.71. The van der Waals surface area contributed by atoms with Crippen molar-refractivity contribution in [2.24, 2.45) is 0 Å². The van der Waals surface area contributed by atoms with Gasteiger partial charge in [-0.05, 0) is 36.8 Å². The topological polar surface area (TPSA) is 73.2 Å². The normalized spacial score (nSPS) is 12.1. The van der Waals surface area contributed by atoms with Gasteiger partial charge in [-0.1, -0.05) is 36.0 Å². The molecule has 0 aliphatic carbocycles. The van der Waals surface area contributed by atoms with Crippen LogP contribution in [0, 0.1) is 5.82 Å². The SMILES string of the molecule is COCCn1c(SCC(=O)NC(C)c2ccc(F)cc2)nc2ccccc2c1=O. The van der Waals surface area contributed by atoms with E-state index in [0.717, 1.165) is 5.56 Å². The van der Waals surface area contributed by atoms with Gasteiger partial charge in [0.25, 0.3) is 5.56 Å². The van der Waals surface area contributed by atoms with Crippen LogP contribution in [0.15, 0.2) is 58.5 Å². The molecule has 1 amide bonds. The fourth-order valence-corrected chi connectivity index (χ4v) is 3.72. The van der Waals surface area contributed by atoms with Crippen LogP contribution in [-0.2, 0) is 16.1 Å². The number of methoxy groups -OCH3 is 1. The summed E-state index contributed by atoms with van der Waals surface area (Å²) in [7, 11) is 1.57. The summed E-state index contributed by atoms with van der Waals surface area (Å²) >= 11 is 1.20. The van der Waals surface area contributed by atoms with Gasteiger partial charge in [0.15, 0.2) is 5.16 Å². The highest BCUT2D eigenvalue weighted by molar-refractivity contribution is 7.99. The van der Waals surface area contributed by atoms with Gasteiger partial charge in [-0.2, -0.15) is 0 Å². The van der Waals surface area contributed by atoms with Crippen molar-refractivity contribution in [2.45, 2.75) is 24.7 Å². The molecule has 0 saturated heterocycles. The Morgan fingerprint density at radius 3 is 2.69 bits per heavy atom. The van der Waals surface area contributed by atoms with Crippen LogP contribution in [-0.4, -0.2) is 34.9 Å². The number of fused-ring (bicyclic) bond motifs is 1. The second-order valence-electron chi connectivity index (χ2n) is 6.49. The lowest BCUT2D eigenvalue weighted by atomic mass is 10.1. The Morgan fingerprint density at radius 1 is 1.24 bits per heavy atom. The zero-order valence-corrected chi connectivity index (χ0v) is 17.0. The number of aromatic nitrogens is 2. The number of rotatable bonds is 8. The van der Waals surface area contributed by atoms with Crippen molar-refractivity contribution >= 4 is 28.6 Å². The van der Waals surface area contributed by atoms with Crippen molar-refractivity contribution in [3.05, 3.63) is 70.3 Å². The molecular weight excluding hydrogens is 393 g/mol. The fraction of sp³-hybridized carbons (Fsp3) is 0.286. The molecule has 0 radical (unpaired) electrons. The number of carbonyl (C=O) groups excluding carboxylic acids is 1. The summed E-state index contributed by atoms with van der Waals surface area (Å²) in [6.45, 7) is 2.54. The number of thioether (sulfide) groups is 1. The van der Waals surface area contributed by atoms with E-state index in [0.29, 0.717) is 29.2 Å². The Balaban J connectivity index is 1.74. The van der Waals surface area contributed by atoms with Crippen molar-refractivity contribution in [1.29, 1.82) is 0 Å². The highest BCUT2D eigenvalue weighted by Crippen LogP contribution is 2.19. The minimum absolute atomic E-state index is 0.100. The maximum absolute atomic E-state index is 13.1. The number of hydrogen-bond donors (Lipinski definition) is 1. The molecule has 2 aromatic carbocycles. The quantitative estimate of drug-likeness (QED) is 0.452. The highest BCUT2D eigenvalue weighted by Gasteiger charge is 2.15. The maximum Gasteiger partial charge on any atom is 0.262 e. The molecular formula is C21H22FN3O3S. The first-order chi connectivity index (χ1) is 14.0. The molecule has 152 valence electrons. The van der Waals surface area contributed by atoms with Crippen molar-refractivity contribution < 1.29 is 13.9 Å². The predicted octanol–water partition coefficient (Wildman–Crippen LogP) is 3.15. The molecule has 3 rings (SSSR count). The molecule has 1 aromatic heterocycles. The molecule has 29 heavy (non-hydrogen) atoms. The standard InChI is InChI=1S/C21H22FN3O3S/c1-14(15-7-9-16(22)10-8-15)23-19(26)13-29-21-24-18-6-4-3-5-17(18)20(27)25(21)11-12-28-2/h3-10,14H,11-13H2,1-2H3,(H,23,26). The minimum Gasteiger partial charge on any atom is -0.383 e. The van der Waals surface area contributed by atoms with E-state index < -0.39 is 0 Å². The number of halogens is 1. The molecule has 0 spiro atoms. The van der Waals surface area contributed by atoms with E-state index in [1.54, 1.807) is 37.4 Å². The maximum atomic E-state index is 13.1. The molecule has 0 fully saturated rings. The summed E-state index contributed by atoms with van der Waals surface area (Å²) in [6, 6.07) is 12.9. The number of hydrogen-bond acceptors (Lipinski definition) is 5. The second-order valence-corrected chi connectivity index (χ2v) is 7.43. The van der Waals surface area contributed by atoms with E-state index in [1.165, 1.54) is 28.5 Å². The number of nitrogens with one attached hydrogen (secondary N) is 1. The third-order valence-electron chi connectivity index (χ3n) is 4.43. The monoisotopic (exact) mass is 415 g/mol. The van der Waals surface area contributed by atoms with Gasteiger partial charge in [0, 0.05) is 7.11 Å². The van der Waals surface area contributed by atoms with Gasteiger partial charge in [-0.3, -0.25) is 14.2 Å². The van der Waals surface area contributed by atoms with E-state index in [1.807, 2.05) is 13.0 Å². The number of amides is 1. The summed E-state index contributed by atoms with van der Waals surface area (Å²) < 4.78 is 19.7. The minimum atomic E-state index is -0.320. The number of para-hydroxylation sites is 1. The summed E-state index contributed by atoms with van der Waals surface area (Å²) in [6.07, 6.45) is 0. The first-order valence-electron chi connectivity index (χ1n) is 9.15. The van der Waals surface area contributed by atoms with E-state index >= 15 is 0 Å². The molecule has 1 heterocycles. The Kier molecular flexibility index (Phi) is 7.00. The molecule has 3 aromatic rings. The van der Waals surface area contributed by atoms with Crippen LogP contribution < -0.4 is 10.9 Å². The number of carbonyl (C=O) groups is 1. The third-order valence-corrected chi connectivity index (χ3v) is 5.40. The average molecular weight is 415 g/mol. The Bertz CT molecular complexity index is 1050. The lowest BCUT2D eigenvalue weighted by molar-refractivity contribution is -0.119. The number of nitrogens with zero attached hydrogens (tertiary/aromatic N) is 2. The molecule has 1 unspecified atom stereocenters.